The van der Waals surface area contributed by atoms with E-state index in [-0.39, 0.29) is 23.9 Å². The van der Waals surface area contributed by atoms with Gasteiger partial charge in [-0.3, -0.25) is 9.69 Å². The van der Waals surface area contributed by atoms with Crippen molar-refractivity contribution in [1.82, 2.24) is 4.90 Å². The van der Waals surface area contributed by atoms with Crippen molar-refractivity contribution in [3.63, 3.8) is 0 Å². The molecule has 0 aliphatic carbocycles. The molecule has 4 N–H and O–H groups in total. The molecular formula is C10H23N3O. The van der Waals surface area contributed by atoms with E-state index < -0.39 is 0 Å². The van der Waals surface area contributed by atoms with Gasteiger partial charge in [-0.1, -0.05) is 27.7 Å². The topological polar surface area (TPSA) is 72.3 Å². The standard InChI is InChI=1S/C10H23N3O/c1-5-13(7-9(12)14)8(6-11)10(2,3)4/h8H,5-7,11H2,1-4H3,(H2,12,14). The number of primary amides is 1. The molecule has 14 heavy (non-hydrogen) atoms. The van der Waals surface area contributed by atoms with Crippen LogP contribution in [0.3, 0.4) is 0 Å². The maximum Gasteiger partial charge on any atom is 0.231 e. The van der Waals surface area contributed by atoms with Gasteiger partial charge in [0.15, 0.2) is 0 Å². The fourth-order valence-electron chi connectivity index (χ4n) is 1.69. The molecule has 0 saturated heterocycles. The molecule has 0 rings (SSSR count). The van der Waals surface area contributed by atoms with E-state index in [1.165, 1.54) is 0 Å². The first-order chi connectivity index (χ1) is 6.32. The predicted octanol–water partition coefficient (Wildman–Crippen LogP) is 0.167. The summed E-state index contributed by atoms with van der Waals surface area (Å²) in [4.78, 5) is 12.9. The summed E-state index contributed by atoms with van der Waals surface area (Å²) in [6, 6.07) is 0.194. The Hall–Kier alpha value is -0.610. The van der Waals surface area contributed by atoms with Gasteiger partial charge in [-0.2, -0.15) is 0 Å². The predicted molar refractivity (Wildman–Crippen MR) is 58.7 cm³/mol. The minimum Gasteiger partial charge on any atom is -0.369 e. The highest BCUT2D eigenvalue weighted by Crippen LogP contribution is 2.23. The molecule has 0 aliphatic heterocycles. The summed E-state index contributed by atoms with van der Waals surface area (Å²) in [6.07, 6.45) is 0. The van der Waals surface area contributed by atoms with Crippen molar-refractivity contribution in [2.75, 3.05) is 19.6 Å². The fraction of sp³-hybridized carbons (Fsp3) is 0.900. The highest BCUT2D eigenvalue weighted by atomic mass is 16.1. The summed E-state index contributed by atoms with van der Waals surface area (Å²) in [5, 5.41) is 0. The lowest BCUT2D eigenvalue weighted by Gasteiger charge is -2.38. The number of amides is 1. The largest absolute Gasteiger partial charge is 0.369 e. The Kier molecular flexibility index (Phi) is 5.08. The van der Waals surface area contributed by atoms with E-state index in [0.717, 1.165) is 6.54 Å². The van der Waals surface area contributed by atoms with Crippen LogP contribution in [0, 0.1) is 5.41 Å². The average Bonchev–Trinajstić information content (AvgIpc) is 2.00. The summed E-state index contributed by atoms with van der Waals surface area (Å²) in [7, 11) is 0. The van der Waals surface area contributed by atoms with Gasteiger partial charge >= 0.3 is 0 Å². The smallest absolute Gasteiger partial charge is 0.231 e. The van der Waals surface area contributed by atoms with Crippen LogP contribution in [-0.2, 0) is 4.79 Å². The number of hydrogen-bond acceptors (Lipinski definition) is 3. The second-order valence-electron chi connectivity index (χ2n) is 4.65. The van der Waals surface area contributed by atoms with Crippen LogP contribution in [0.1, 0.15) is 27.7 Å². The Balaban J connectivity index is 4.53. The summed E-state index contributed by atoms with van der Waals surface area (Å²) in [5.74, 6) is -0.297. The Morgan fingerprint density at radius 1 is 1.43 bits per heavy atom. The van der Waals surface area contributed by atoms with E-state index in [1.54, 1.807) is 0 Å². The van der Waals surface area contributed by atoms with Crippen molar-refractivity contribution in [3.8, 4) is 0 Å². The van der Waals surface area contributed by atoms with E-state index in [1.807, 2.05) is 11.8 Å². The van der Waals surface area contributed by atoms with E-state index in [4.69, 9.17) is 11.5 Å². The molecule has 0 aromatic heterocycles. The molecule has 1 atom stereocenters. The van der Waals surface area contributed by atoms with Crippen LogP contribution in [0.4, 0.5) is 0 Å². The van der Waals surface area contributed by atoms with Gasteiger partial charge in [-0.25, -0.2) is 0 Å². The van der Waals surface area contributed by atoms with Gasteiger partial charge in [-0.15, -0.1) is 0 Å². The third-order valence-electron chi connectivity index (χ3n) is 2.43. The molecule has 4 heteroatoms. The molecule has 0 heterocycles. The zero-order valence-corrected chi connectivity index (χ0v) is 9.71. The minimum absolute atomic E-state index is 0.0697. The van der Waals surface area contributed by atoms with Gasteiger partial charge in [0.25, 0.3) is 0 Å². The van der Waals surface area contributed by atoms with Crippen LogP contribution in [0.5, 0.6) is 0 Å². The number of nitrogens with zero attached hydrogens (tertiary/aromatic N) is 1. The maximum absolute atomic E-state index is 10.9. The molecule has 1 unspecified atom stereocenters. The summed E-state index contributed by atoms with van der Waals surface area (Å²) in [6.45, 7) is 10.00. The Morgan fingerprint density at radius 2 is 1.93 bits per heavy atom. The van der Waals surface area contributed by atoms with Crippen LogP contribution in [0.15, 0.2) is 0 Å². The number of carbonyl (C=O) groups excluding carboxylic acids is 1. The Labute approximate surface area is 86.6 Å². The highest BCUT2D eigenvalue weighted by molar-refractivity contribution is 5.75. The quantitative estimate of drug-likeness (QED) is 0.666. The van der Waals surface area contributed by atoms with Gasteiger partial charge in [0.05, 0.1) is 6.54 Å². The molecule has 0 spiro atoms. The third kappa shape index (κ3) is 4.07. The van der Waals surface area contributed by atoms with E-state index in [0.29, 0.717) is 6.54 Å². The lowest BCUT2D eigenvalue weighted by atomic mass is 9.85. The van der Waals surface area contributed by atoms with Crippen molar-refractivity contribution < 1.29 is 4.79 Å². The Bertz CT molecular complexity index is 186. The minimum atomic E-state index is -0.297. The van der Waals surface area contributed by atoms with Gasteiger partial charge < -0.3 is 11.5 Å². The molecule has 0 radical (unpaired) electrons. The zero-order valence-electron chi connectivity index (χ0n) is 9.71. The first kappa shape index (κ1) is 13.4. The fourth-order valence-corrected chi connectivity index (χ4v) is 1.69. The van der Waals surface area contributed by atoms with Crippen molar-refractivity contribution in [2.24, 2.45) is 16.9 Å². The second kappa shape index (κ2) is 5.32. The van der Waals surface area contributed by atoms with Crippen molar-refractivity contribution in [3.05, 3.63) is 0 Å². The van der Waals surface area contributed by atoms with Gasteiger partial charge in [0.2, 0.25) is 5.91 Å². The van der Waals surface area contributed by atoms with Crippen LogP contribution in [0.2, 0.25) is 0 Å². The number of likely N-dealkylation sites (N-methyl/N-ethyl adjacent to an activating group) is 1. The molecule has 0 bridgehead atoms. The first-order valence-corrected chi connectivity index (χ1v) is 5.05. The lowest BCUT2D eigenvalue weighted by molar-refractivity contribution is -0.120. The van der Waals surface area contributed by atoms with Crippen LogP contribution in [-0.4, -0.2) is 36.5 Å². The van der Waals surface area contributed by atoms with E-state index >= 15 is 0 Å². The maximum atomic E-state index is 10.9. The number of hydrogen-bond donors (Lipinski definition) is 2. The summed E-state index contributed by atoms with van der Waals surface area (Å²) < 4.78 is 0. The molecule has 84 valence electrons. The second-order valence-corrected chi connectivity index (χ2v) is 4.65. The van der Waals surface area contributed by atoms with E-state index in [2.05, 4.69) is 20.8 Å². The first-order valence-electron chi connectivity index (χ1n) is 5.05. The number of carbonyl (C=O) groups is 1. The zero-order chi connectivity index (χ0) is 11.4. The van der Waals surface area contributed by atoms with Crippen molar-refractivity contribution in [1.29, 1.82) is 0 Å². The molecule has 0 aromatic carbocycles. The molecule has 0 aromatic rings. The average molecular weight is 201 g/mol. The molecule has 0 aliphatic rings. The molecule has 0 fully saturated rings. The van der Waals surface area contributed by atoms with Gasteiger partial charge in [-0.05, 0) is 12.0 Å². The molecular weight excluding hydrogens is 178 g/mol. The molecule has 1 amide bonds. The normalized spacial score (nSPS) is 14.4. The third-order valence-corrected chi connectivity index (χ3v) is 2.43. The van der Waals surface area contributed by atoms with E-state index in [9.17, 15) is 4.79 Å². The highest BCUT2D eigenvalue weighted by Gasteiger charge is 2.28. The SMILES string of the molecule is CCN(CC(N)=O)C(CN)C(C)(C)C. The number of rotatable bonds is 5. The van der Waals surface area contributed by atoms with Gasteiger partial charge in [0, 0.05) is 12.6 Å². The van der Waals surface area contributed by atoms with Crippen LogP contribution in [0.25, 0.3) is 0 Å². The van der Waals surface area contributed by atoms with Gasteiger partial charge in [0.1, 0.15) is 0 Å². The molecule has 0 saturated carbocycles. The van der Waals surface area contributed by atoms with Crippen LogP contribution >= 0.6 is 0 Å². The monoisotopic (exact) mass is 201 g/mol. The summed E-state index contributed by atoms with van der Waals surface area (Å²) >= 11 is 0. The lowest BCUT2D eigenvalue weighted by Crippen LogP contribution is -2.51. The number of nitrogens with two attached hydrogens (primary N) is 2. The molecule has 4 nitrogen and oxygen atoms in total. The van der Waals surface area contributed by atoms with Crippen LogP contribution < -0.4 is 11.5 Å². The Morgan fingerprint density at radius 3 is 2.14 bits per heavy atom. The van der Waals surface area contributed by atoms with Crippen molar-refractivity contribution in [2.45, 2.75) is 33.7 Å². The summed E-state index contributed by atoms with van der Waals surface area (Å²) in [5.41, 5.74) is 11.0. The van der Waals surface area contributed by atoms with Crippen molar-refractivity contribution >= 4 is 5.91 Å².